The highest BCUT2D eigenvalue weighted by Gasteiger charge is 2.08. The van der Waals surface area contributed by atoms with E-state index in [-0.39, 0.29) is 12.2 Å². The maximum Gasteiger partial charge on any atom is 0.331 e. The summed E-state index contributed by atoms with van der Waals surface area (Å²) in [5.74, 6) is -1.15. The van der Waals surface area contributed by atoms with Crippen LogP contribution in [-0.2, 0) is 14.3 Å². The molecular formula is C15H20N2O3. The van der Waals surface area contributed by atoms with Gasteiger partial charge in [-0.3, -0.25) is 4.79 Å². The number of aryl methyl sites for hydroxylation is 1. The number of carbonyl (C=O) groups is 2. The Morgan fingerprint density at radius 1 is 1.35 bits per heavy atom. The van der Waals surface area contributed by atoms with Crippen molar-refractivity contribution in [3.8, 4) is 0 Å². The van der Waals surface area contributed by atoms with Crippen molar-refractivity contribution < 1.29 is 14.3 Å². The molecule has 0 saturated carbocycles. The van der Waals surface area contributed by atoms with E-state index in [9.17, 15) is 9.59 Å². The van der Waals surface area contributed by atoms with Gasteiger partial charge in [0.15, 0.2) is 0 Å². The van der Waals surface area contributed by atoms with Gasteiger partial charge < -0.3 is 15.8 Å². The molecule has 0 bridgehead atoms. The normalized spacial score (nSPS) is 11.0. The van der Waals surface area contributed by atoms with Crippen molar-refractivity contribution in [3.05, 3.63) is 41.5 Å². The van der Waals surface area contributed by atoms with Gasteiger partial charge in [-0.2, -0.15) is 0 Å². The van der Waals surface area contributed by atoms with E-state index in [0.29, 0.717) is 13.0 Å². The van der Waals surface area contributed by atoms with Crippen molar-refractivity contribution in [1.29, 1.82) is 0 Å². The molecule has 3 N–H and O–H groups in total. The number of rotatable bonds is 7. The number of carbonyl (C=O) groups excluding carboxylic acids is 2. The number of ether oxygens (including phenoxy) is 1. The third kappa shape index (κ3) is 5.14. The number of benzene rings is 1. The van der Waals surface area contributed by atoms with Crippen molar-refractivity contribution >= 4 is 17.6 Å². The molecule has 0 aliphatic heterocycles. The van der Waals surface area contributed by atoms with Crippen LogP contribution in [0.4, 0.5) is 5.69 Å². The summed E-state index contributed by atoms with van der Waals surface area (Å²) < 4.78 is 4.76. The number of nitrogens with two attached hydrogens (primary N) is 1. The van der Waals surface area contributed by atoms with E-state index in [0.717, 1.165) is 17.3 Å². The van der Waals surface area contributed by atoms with Crippen molar-refractivity contribution in [2.75, 3.05) is 18.5 Å². The molecule has 0 fully saturated rings. The Balaban J connectivity index is 2.58. The Labute approximate surface area is 118 Å². The van der Waals surface area contributed by atoms with Crippen LogP contribution in [-0.4, -0.2) is 25.0 Å². The second-order valence-electron chi connectivity index (χ2n) is 4.28. The van der Waals surface area contributed by atoms with Crippen LogP contribution in [0.1, 0.15) is 18.9 Å². The quantitative estimate of drug-likeness (QED) is 0.587. The summed E-state index contributed by atoms with van der Waals surface area (Å²) >= 11 is 0. The zero-order valence-corrected chi connectivity index (χ0v) is 11.8. The fraction of sp³-hybridized carbons (Fsp3) is 0.333. The Bertz CT molecular complexity index is 510. The first kappa shape index (κ1) is 15.8. The van der Waals surface area contributed by atoms with Gasteiger partial charge in [-0.15, -0.1) is 0 Å². The van der Waals surface area contributed by atoms with E-state index in [2.05, 4.69) is 5.32 Å². The van der Waals surface area contributed by atoms with Crippen molar-refractivity contribution in [3.63, 3.8) is 0 Å². The van der Waals surface area contributed by atoms with Gasteiger partial charge in [0.05, 0.1) is 6.61 Å². The van der Waals surface area contributed by atoms with Crippen LogP contribution >= 0.6 is 0 Å². The van der Waals surface area contributed by atoms with E-state index < -0.39 is 11.9 Å². The third-order valence-corrected chi connectivity index (χ3v) is 2.75. The molecule has 5 nitrogen and oxygen atoms in total. The lowest BCUT2D eigenvalue weighted by atomic mass is 10.1. The Hall–Kier alpha value is -2.30. The highest BCUT2D eigenvalue weighted by atomic mass is 16.5. The van der Waals surface area contributed by atoms with Crippen LogP contribution in [0, 0.1) is 6.92 Å². The number of hydrogen-bond acceptors (Lipinski definition) is 4. The van der Waals surface area contributed by atoms with Crippen LogP contribution in [0.3, 0.4) is 0 Å². The fourth-order valence-corrected chi connectivity index (χ4v) is 1.70. The van der Waals surface area contributed by atoms with Gasteiger partial charge in [0.25, 0.3) is 0 Å². The van der Waals surface area contributed by atoms with Crippen LogP contribution in [0.5, 0.6) is 0 Å². The van der Waals surface area contributed by atoms with Crippen molar-refractivity contribution in [1.82, 2.24) is 0 Å². The number of primary amides is 1. The summed E-state index contributed by atoms with van der Waals surface area (Å²) in [5.41, 5.74) is 7.61. The maximum atomic E-state index is 11.3. The lowest BCUT2D eigenvalue weighted by molar-refractivity contribution is -0.137. The molecule has 0 aromatic heterocycles. The SMILES string of the molecule is CCOC(=O)C=C(CCNc1ccccc1C)C(N)=O. The minimum absolute atomic E-state index is 0.254. The number of nitrogens with one attached hydrogen (secondary N) is 1. The molecule has 0 unspecified atom stereocenters. The highest BCUT2D eigenvalue weighted by Crippen LogP contribution is 2.13. The number of esters is 1. The number of para-hydroxylation sites is 1. The predicted octanol–water partition coefficient (Wildman–Crippen LogP) is 1.77. The zero-order valence-electron chi connectivity index (χ0n) is 11.8. The van der Waals surface area contributed by atoms with Crippen LogP contribution in [0.15, 0.2) is 35.9 Å². The first-order valence-corrected chi connectivity index (χ1v) is 6.51. The first-order chi connectivity index (χ1) is 9.54. The minimum Gasteiger partial charge on any atom is -0.463 e. The smallest absolute Gasteiger partial charge is 0.331 e. The van der Waals surface area contributed by atoms with E-state index in [1.54, 1.807) is 6.92 Å². The summed E-state index contributed by atoms with van der Waals surface area (Å²) in [6.45, 7) is 4.48. The number of hydrogen-bond donors (Lipinski definition) is 2. The van der Waals surface area contributed by atoms with Gasteiger partial charge >= 0.3 is 5.97 Å². The molecule has 0 aliphatic rings. The van der Waals surface area contributed by atoms with Gasteiger partial charge in [-0.25, -0.2) is 4.79 Å². The summed E-state index contributed by atoms with van der Waals surface area (Å²) in [5, 5.41) is 3.20. The lowest BCUT2D eigenvalue weighted by Crippen LogP contribution is -2.18. The average Bonchev–Trinajstić information content (AvgIpc) is 2.40. The minimum atomic E-state index is -0.607. The number of anilines is 1. The van der Waals surface area contributed by atoms with Crippen LogP contribution < -0.4 is 11.1 Å². The molecule has 1 amide bonds. The topological polar surface area (TPSA) is 81.4 Å². The van der Waals surface area contributed by atoms with Gasteiger partial charge in [0.1, 0.15) is 0 Å². The Morgan fingerprint density at radius 3 is 2.65 bits per heavy atom. The average molecular weight is 276 g/mol. The highest BCUT2D eigenvalue weighted by molar-refractivity contribution is 5.98. The van der Waals surface area contributed by atoms with E-state index in [1.807, 2.05) is 31.2 Å². The van der Waals surface area contributed by atoms with Gasteiger partial charge in [-0.1, -0.05) is 18.2 Å². The molecule has 0 radical (unpaired) electrons. The molecule has 1 aromatic carbocycles. The molecule has 5 heteroatoms. The van der Waals surface area contributed by atoms with E-state index >= 15 is 0 Å². The first-order valence-electron chi connectivity index (χ1n) is 6.51. The van der Waals surface area contributed by atoms with Crippen LogP contribution in [0.25, 0.3) is 0 Å². The van der Waals surface area contributed by atoms with E-state index in [4.69, 9.17) is 10.5 Å². The van der Waals surface area contributed by atoms with Gasteiger partial charge in [0, 0.05) is 23.9 Å². The Morgan fingerprint density at radius 2 is 2.05 bits per heavy atom. The molecule has 0 aliphatic carbocycles. The summed E-state index contributed by atoms with van der Waals surface area (Å²) in [6.07, 6.45) is 1.52. The molecular weight excluding hydrogens is 256 g/mol. The molecule has 0 spiro atoms. The summed E-state index contributed by atoms with van der Waals surface area (Å²) in [4.78, 5) is 22.6. The van der Waals surface area contributed by atoms with E-state index in [1.165, 1.54) is 0 Å². The second-order valence-corrected chi connectivity index (χ2v) is 4.28. The predicted molar refractivity (Wildman–Crippen MR) is 78.2 cm³/mol. The fourth-order valence-electron chi connectivity index (χ4n) is 1.70. The summed E-state index contributed by atoms with van der Waals surface area (Å²) in [7, 11) is 0. The third-order valence-electron chi connectivity index (χ3n) is 2.75. The second kappa shape index (κ2) is 7.99. The van der Waals surface area contributed by atoms with Crippen molar-refractivity contribution in [2.24, 2.45) is 5.73 Å². The molecule has 20 heavy (non-hydrogen) atoms. The van der Waals surface area contributed by atoms with Crippen LogP contribution in [0.2, 0.25) is 0 Å². The molecule has 1 aromatic rings. The number of amides is 1. The lowest BCUT2D eigenvalue weighted by Gasteiger charge is -2.09. The van der Waals surface area contributed by atoms with Gasteiger partial charge in [0.2, 0.25) is 5.91 Å². The molecule has 0 saturated heterocycles. The monoisotopic (exact) mass is 276 g/mol. The van der Waals surface area contributed by atoms with Gasteiger partial charge in [-0.05, 0) is 31.9 Å². The molecule has 1 rings (SSSR count). The maximum absolute atomic E-state index is 11.3. The standard InChI is InChI=1S/C15H20N2O3/c1-3-20-14(18)10-12(15(16)19)8-9-17-13-7-5-4-6-11(13)2/h4-7,10,17H,3,8-9H2,1-2H3,(H2,16,19). The molecule has 0 atom stereocenters. The molecule has 0 heterocycles. The zero-order chi connectivity index (χ0) is 15.0. The van der Waals surface area contributed by atoms with Crippen molar-refractivity contribution in [2.45, 2.75) is 20.3 Å². The largest absolute Gasteiger partial charge is 0.463 e. The molecule has 108 valence electrons. The Kier molecular flexibility index (Phi) is 6.29. The summed E-state index contributed by atoms with van der Waals surface area (Å²) in [6, 6.07) is 7.83.